The lowest BCUT2D eigenvalue weighted by Gasteiger charge is -2.23. The summed E-state index contributed by atoms with van der Waals surface area (Å²) < 4.78 is 8.92. The molecule has 0 radical (unpaired) electrons. The Morgan fingerprint density at radius 2 is 1.21 bits per heavy atom. The van der Waals surface area contributed by atoms with Gasteiger partial charge in [-0.3, -0.25) is 4.57 Å². The van der Waals surface area contributed by atoms with E-state index in [2.05, 4.69) is 189 Å². The van der Waals surface area contributed by atoms with Gasteiger partial charge >= 0.3 is 0 Å². The number of nitrogens with zero attached hydrogens (tertiary/aromatic N) is 4. The minimum Gasteiger partial charge on any atom is -0.457 e. The van der Waals surface area contributed by atoms with Gasteiger partial charge < -0.3 is 14.5 Å². The maximum atomic E-state index is 6.66. The second-order valence-corrected chi connectivity index (χ2v) is 15.1. The van der Waals surface area contributed by atoms with E-state index in [1.54, 1.807) is 0 Å². The maximum Gasteiger partial charge on any atom is 0.137 e. The maximum absolute atomic E-state index is 6.66. The number of pyridine rings is 1. The summed E-state index contributed by atoms with van der Waals surface area (Å²) in [4.78, 5) is 9.61. The number of hydrogen-bond donors (Lipinski definition) is 0. The molecule has 1 aliphatic heterocycles. The zero-order valence-electron chi connectivity index (χ0n) is 30.8. The summed E-state index contributed by atoms with van der Waals surface area (Å²) in [6.07, 6.45) is 1.92. The average Bonchev–Trinajstić information content (AvgIpc) is 3.71. The van der Waals surface area contributed by atoms with Gasteiger partial charge in [0.1, 0.15) is 24.0 Å². The number of ether oxygens (including phenoxy) is 1. The number of fused-ring (bicyclic) bond motifs is 4. The molecule has 6 aromatic carbocycles. The Morgan fingerprint density at radius 1 is 0.566 bits per heavy atom. The molecule has 0 spiro atoms. The van der Waals surface area contributed by atoms with Crippen molar-refractivity contribution in [1.29, 1.82) is 0 Å². The molecule has 260 valence electrons. The molecule has 0 bridgehead atoms. The first-order chi connectivity index (χ1) is 25.7. The Balaban J connectivity index is 1.06. The normalized spacial score (nSPS) is 12.8. The minimum atomic E-state index is 0.00702. The lowest BCUT2D eigenvalue weighted by Crippen LogP contribution is -2.23. The highest BCUT2D eigenvalue weighted by atomic mass is 16.5. The SMILES string of the molecule is Cc1cccc(C)c1-c1cccc(N2CN(c3cccc(Oc4ccc5c6ccccc6n(-c6cc(C(C)(C)C)ccn6)c5c4)c3)c3ccccc32)c1. The van der Waals surface area contributed by atoms with Crippen molar-refractivity contribution in [3.63, 3.8) is 0 Å². The Kier molecular flexibility index (Phi) is 7.81. The largest absolute Gasteiger partial charge is 0.457 e. The van der Waals surface area contributed by atoms with Crippen LogP contribution in [0.4, 0.5) is 22.7 Å². The molecule has 0 atom stereocenters. The predicted molar refractivity (Wildman–Crippen MR) is 221 cm³/mol. The fraction of sp³-hybridized carbons (Fsp3) is 0.146. The highest BCUT2D eigenvalue weighted by Gasteiger charge is 2.28. The highest BCUT2D eigenvalue weighted by Crippen LogP contribution is 2.46. The zero-order chi connectivity index (χ0) is 36.3. The van der Waals surface area contributed by atoms with Gasteiger partial charge in [-0.25, -0.2) is 4.98 Å². The van der Waals surface area contributed by atoms with Gasteiger partial charge in [0.2, 0.25) is 0 Å². The molecule has 8 aromatic rings. The van der Waals surface area contributed by atoms with Gasteiger partial charge in [0.15, 0.2) is 0 Å². The van der Waals surface area contributed by atoms with E-state index >= 15 is 0 Å². The first-order valence-corrected chi connectivity index (χ1v) is 18.3. The van der Waals surface area contributed by atoms with Crippen LogP contribution in [0, 0.1) is 13.8 Å². The van der Waals surface area contributed by atoms with E-state index in [4.69, 9.17) is 9.72 Å². The van der Waals surface area contributed by atoms with Crippen molar-refractivity contribution < 1.29 is 4.74 Å². The number of aryl methyl sites for hydroxylation is 2. The Labute approximate surface area is 311 Å². The van der Waals surface area contributed by atoms with Crippen LogP contribution in [0.5, 0.6) is 11.5 Å². The van der Waals surface area contributed by atoms with E-state index < -0.39 is 0 Å². The van der Waals surface area contributed by atoms with E-state index in [0.717, 1.165) is 39.7 Å². The molecule has 0 unspecified atom stereocenters. The third kappa shape index (κ3) is 5.79. The van der Waals surface area contributed by atoms with E-state index in [1.807, 2.05) is 12.3 Å². The van der Waals surface area contributed by atoms with Crippen molar-refractivity contribution in [1.82, 2.24) is 9.55 Å². The van der Waals surface area contributed by atoms with Gasteiger partial charge in [0.05, 0.1) is 22.4 Å². The summed E-state index contributed by atoms with van der Waals surface area (Å²) in [7, 11) is 0. The summed E-state index contributed by atoms with van der Waals surface area (Å²) >= 11 is 0. The Hall–Kier alpha value is -6.33. The van der Waals surface area contributed by atoms with Crippen LogP contribution in [0.1, 0.15) is 37.5 Å². The van der Waals surface area contributed by atoms with Crippen LogP contribution in [-0.2, 0) is 5.41 Å². The number of anilines is 4. The molecule has 5 nitrogen and oxygen atoms in total. The molecule has 0 amide bonds. The molecule has 0 aliphatic carbocycles. The van der Waals surface area contributed by atoms with Crippen molar-refractivity contribution in [2.75, 3.05) is 16.5 Å². The van der Waals surface area contributed by atoms with Gasteiger partial charge in [-0.15, -0.1) is 0 Å². The number of benzene rings is 6. The molecule has 5 heteroatoms. The highest BCUT2D eigenvalue weighted by molar-refractivity contribution is 6.09. The van der Waals surface area contributed by atoms with Gasteiger partial charge in [0, 0.05) is 40.5 Å². The number of hydrogen-bond acceptors (Lipinski definition) is 4. The van der Waals surface area contributed by atoms with Crippen LogP contribution in [0.2, 0.25) is 0 Å². The van der Waals surface area contributed by atoms with Crippen LogP contribution in [-0.4, -0.2) is 16.2 Å². The molecule has 53 heavy (non-hydrogen) atoms. The van der Waals surface area contributed by atoms with Crippen molar-refractivity contribution in [3.8, 4) is 28.4 Å². The molecule has 3 heterocycles. The summed E-state index contributed by atoms with van der Waals surface area (Å²) in [6, 6.07) is 51.7. The zero-order valence-corrected chi connectivity index (χ0v) is 30.8. The molecule has 9 rings (SSSR count). The van der Waals surface area contributed by atoms with E-state index in [-0.39, 0.29) is 5.41 Å². The van der Waals surface area contributed by atoms with Gasteiger partial charge in [-0.05, 0) is 114 Å². The lowest BCUT2D eigenvalue weighted by atomic mass is 9.88. The smallest absolute Gasteiger partial charge is 0.137 e. The van der Waals surface area contributed by atoms with Crippen LogP contribution < -0.4 is 14.5 Å². The molecular formula is C48H42N4O. The Morgan fingerprint density at radius 3 is 1.96 bits per heavy atom. The van der Waals surface area contributed by atoms with Crippen LogP contribution >= 0.6 is 0 Å². The van der Waals surface area contributed by atoms with Crippen molar-refractivity contribution in [3.05, 3.63) is 168 Å². The predicted octanol–water partition coefficient (Wildman–Crippen LogP) is 12.8. The summed E-state index contributed by atoms with van der Waals surface area (Å²) in [5, 5.41) is 2.36. The Bertz CT molecular complexity index is 2640. The quantitative estimate of drug-likeness (QED) is 0.174. The minimum absolute atomic E-state index is 0.00702. The van der Waals surface area contributed by atoms with E-state index in [1.165, 1.54) is 50.0 Å². The van der Waals surface area contributed by atoms with Crippen LogP contribution in [0.15, 0.2) is 152 Å². The van der Waals surface area contributed by atoms with Crippen molar-refractivity contribution in [2.45, 2.75) is 40.0 Å². The lowest BCUT2D eigenvalue weighted by molar-refractivity contribution is 0.483. The van der Waals surface area contributed by atoms with Gasteiger partial charge in [-0.2, -0.15) is 0 Å². The fourth-order valence-corrected chi connectivity index (χ4v) is 7.87. The second kappa shape index (κ2) is 12.7. The molecule has 0 N–H and O–H groups in total. The number of para-hydroxylation sites is 3. The van der Waals surface area contributed by atoms with Crippen molar-refractivity contribution >= 4 is 44.6 Å². The van der Waals surface area contributed by atoms with E-state index in [9.17, 15) is 0 Å². The topological polar surface area (TPSA) is 33.5 Å². The summed E-state index contributed by atoms with van der Waals surface area (Å²) in [5.74, 6) is 2.46. The number of aromatic nitrogens is 2. The molecule has 0 saturated heterocycles. The first kappa shape index (κ1) is 32.6. The van der Waals surface area contributed by atoms with Gasteiger partial charge in [0.25, 0.3) is 0 Å². The molecule has 0 fully saturated rings. The van der Waals surface area contributed by atoms with Crippen LogP contribution in [0.25, 0.3) is 38.8 Å². The first-order valence-electron chi connectivity index (χ1n) is 18.3. The van der Waals surface area contributed by atoms with E-state index in [0.29, 0.717) is 6.67 Å². The average molecular weight is 691 g/mol. The van der Waals surface area contributed by atoms with Crippen LogP contribution in [0.3, 0.4) is 0 Å². The molecule has 1 aliphatic rings. The van der Waals surface area contributed by atoms with Crippen molar-refractivity contribution in [2.24, 2.45) is 0 Å². The van der Waals surface area contributed by atoms with Gasteiger partial charge in [-0.1, -0.05) is 87.5 Å². The molecule has 0 saturated carbocycles. The third-order valence-corrected chi connectivity index (χ3v) is 10.5. The number of rotatable bonds is 6. The summed E-state index contributed by atoms with van der Waals surface area (Å²) in [5.41, 5.74) is 13.1. The standard InChI is InChI=1S/C48H42N4O/c1-32-13-10-14-33(2)47(32)34-15-11-16-36(27-34)50-31-51(44-22-9-8-21-43(44)50)37-17-12-18-38(29-37)53-39-23-24-41-40-19-6-7-20-42(40)52(45(41)30-39)46-28-35(25-26-49-46)48(3,4)5/h6-30H,31H2,1-5H3. The molecule has 2 aromatic heterocycles. The molecular weight excluding hydrogens is 649 g/mol. The summed E-state index contributed by atoms with van der Waals surface area (Å²) in [6.45, 7) is 11.8. The third-order valence-electron chi connectivity index (χ3n) is 10.5. The fourth-order valence-electron chi connectivity index (χ4n) is 7.87. The second-order valence-electron chi connectivity index (χ2n) is 15.1. The monoisotopic (exact) mass is 690 g/mol.